The maximum absolute atomic E-state index is 12.5. The van der Waals surface area contributed by atoms with Crippen LogP contribution >= 0.6 is 0 Å². The number of nitrogens with zero attached hydrogens (tertiary/aromatic N) is 1. The lowest BCUT2D eigenvalue weighted by molar-refractivity contribution is -0.138. The number of rotatable bonds is 4. The molecule has 0 saturated heterocycles. The molecule has 94 valence electrons. The van der Waals surface area contributed by atoms with Crippen LogP contribution in [0.5, 0.6) is 5.75 Å². The third kappa shape index (κ3) is 3.86. The molecule has 0 saturated carbocycles. The minimum absolute atomic E-state index is 0.0443. The molecule has 3 N–H and O–H groups in total. The number of benzene rings is 1. The lowest BCUT2D eigenvalue weighted by Gasteiger charge is -2.13. The minimum atomic E-state index is -4.47. The van der Waals surface area contributed by atoms with Crippen LogP contribution in [0, 0.1) is 0 Å². The van der Waals surface area contributed by atoms with Crippen LogP contribution in [0.1, 0.15) is 12.0 Å². The van der Waals surface area contributed by atoms with Gasteiger partial charge in [-0.3, -0.25) is 0 Å². The Morgan fingerprint density at radius 3 is 2.59 bits per heavy atom. The maximum atomic E-state index is 12.5. The van der Waals surface area contributed by atoms with Crippen molar-refractivity contribution in [2.45, 2.75) is 12.6 Å². The number of halogens is 3. The van der Waals surface area contributed by atoms with Gasteiger partial charge in [0.25, 0.3) is 0 Å². The van der Waals surface area contributed by atoms with E-state index in [4.69, 9.17) is 15.7 Å². The summed E-state index contributed by atoms with van der Waals surface area (Å²) in [5.41, 5.74) is 4.31. The molecule has 1 aromatic rings. The Labute approximate surface area is 95.5 Å². The van der Waals surface area contributed by atoms with E-state index in [0.29, 0.717) is 0 Å². The van der Waals surface area contributed by atoms with Gasteiger partial charge in [-0.15, -0.1) is 0 Å². The summed E-state index contributed by atoms with van der Waals surface area (Å²) in [5, 5.41) is 10.9. The van der Waals surface area contributed by atoms with Crippen molar-refractivity contribution in [2.24, 2.45) is 10.9 Å². The molecule has 4 nitrogen and oxygen atoms in total. The van der Waals surface area contributed by atoms with Gasteiger partial charge in [0.05, 0.1) is 12.2 Å². The fraction of sp³-hybridized carbons (Fsp3) is 0.300. The number of hydrogen-bond acceptors (Lipinski definition) is 3. The molecule has 0 amide bonds. The lowest BCUT2D eigenvalue weighted by atomic mass is 10.2. The lowest BCUT2D eigenvalue weighted by Crippen LogP contribution is -2.16. The number of alkyl halides is 3. The summed E-state index contributed by atoms with van der Waals surface area (Å²) in [6, 6.07) is 4.86. The van der Waals surface area contributed by atoms with Crippen LogP contribution < -0.4 is 10.5 Å². The maximum Gasteiger partial charge on any atom is 0.419 e. The molecule has 1 aromatic carbocycles. The van der Waals surface area contributed by atoms with Gasteiger partial charge < -0.3 is 15.7 Å². The SMILES string of the molecule is N/C(CCOc1ccccc1C(F)(F)F)=N\O. The summed E-state index contributed by atoms with van der Waals surface area (Å²) in [4.78, 5) is 0. The molecule has 0 aliphatic rings. The Morgan fingerprint density at radius 2 is 2.00 bits per heavy atom. The third-order valence-electron chi connectivity index (χ3n) is 1.94. The van der Waals surface area contributed by atoms with E-state index in [9.17, 15) is 13.2 Å². The molecule has 0 heterocycles. The number of hydrogen-bond donors (Lipinski definition) is 2. The van der Waals surface area contributed by atoms with Crippen LogP contribution in [0.3, 0.4) is 0 Å². The predicted octanol–water partition coefficient (Wildman–Crippen LogP) is 2.22. The van der Waals surface area contributed by atoms with Gasteiger partial charge in [-0.05, 0) is 12.1 Å². The molecule has 17 heavy (non-hydrogen) atoms. The van der Waals surface area contributed by atoms with Crippen LogP contribution in [-0.2, 0) is 6.18 Å². The van der Waals surface area contributed by atoms with E-state index in [1.54, 1.807) is 0 Å². The topological polar surface area (TPSA) is 67.8 Å². The summed E-state index contributed by atoms with van der Waals surface area (Å²) in [6.07, 6.45) is -4.42. The normalized spacial score (nSPS) is 12.5. The molecule has 0 radical (unpaired) electrons. The minimum Gasteiger partial charge on any atom is -0.492 e. The summed E-state index contributed by atoms with van der Waals surface area (Å²) >= 11 is 0. The van der Waals surface area contributed by atoms with Crippen LogP contribution in [0.25, 0.3) is 0 Å². The highest BCUT2D eigenvalue weighted by molar-refractivity contribution is 5.79. The average Bonchev–Trinajstić information content (AvgIpc) is 2.28. The number of ether oxygens (including phenoxy) is 1. The molecule has 0 aliphatic carbocycles. The van der Waals surface area contributed by atoms with Crippen molar-refractivity contribution in [3.63, 3.8) is 0 Å². The van der Waals surface area contributed by atoms with Crippen LogP contribution in [0.4, 0.5) is 13.2 Å². The molecule has 0 unspecified atom stereocenters. The number of nitrogens with two attached hydrogens (primary N) is 1. The Bertz CT molecular complexity index is 405. The molecule has 0 aromatic heterocycles. The van der Waals surface area contributed by atoms with Crippen molar-refractivity contribution in [1.29, 1.82) is 0 Å². The zero-order chi connectivity index (χ0) is 12.9. The number of oxime groups is 1. The number of amidine groups is 1. The van der Waals surface area contributed by atoms with Gasteiger partial charge >= 0.3 is 6.18 Å². The van der Waals surface area contributed by atoms with Crippen molar-refractivity contribution >= 4 is 5.84 Å². The van der Waals surface area contributed by atoms with Gasteiger partial charge in [-0.1, -0.05) is 17.3 Å². The fourth-order valence-corrected chi connectivity index (χ4v) is 1.14. The molecule has 1 rings (SSSR count). The summed E-state index contributed by atoms with van der Waals surface area (Å²) in [7, 11) is 0. The first-order chi connectivity index (χ1) is 7.95. The largest absolute Gasteiger partial charge is 0.492 e. The fourth-order valence-electron chi connectivity index (χ4n) is 1.14. The van der Waals surface area contributed by atoms with Crippen LogP contribution in [0.2, 0.25) is 0 Å². The second kappa shape index (κ2) is 5.42. The third-order valence-corrected chi connectivity index (χ3v) is 1.94. The second-order valence-corrected chi connectivity index (χ2v) is 3.18. The van der Waals surface area contributed by atoms with Crippen molar-refractivity contribution in [3.05, 3.63) is 29.8 Å². The van der Waals surface area contributed by atoms with E-state index in [0.717, 1.165) is 6.07 Å². The van der Waals surface area contributed by atoms with Gasteiger partial charge in [0, 0.05) is 6.42 Å². The molecule has 0 atom stereocenters. The van der Waals surface area contributed by atoms with Gasteiger partial charge in [-0.2, -0.15) is 13.2 Å². The predicted molar refractivity (Wildman–Crippen MR) is 55.0 cm³/mol. The Morgan fingerprint density at radius 1 is 1.35 bits per heavy atom. The Balaban J connectivity index is 2.71. The van der Waals surface area contributed by atoms with E-state index in [1.807, 2.05) is 0 Å². The van der Waals surface area contributed by atoms with E-state index < -0.39 is 11.7 Å². The molecule has 0 bridgehead atoms. The number of para-hydroxylation sites is 1. The molecular formula is C10H11F3N2O2. The highest BCUT2D eigenvalue weighted by Crippen LogP contribution is 2.35. The quantitative estimate of drug-likeness (QED) is 0.371. The first kappa shape index (κ1) is 13.1. The smallest absolute Gasteiger partial charge is 0.419 e. The van der Waals surface area contributed by atoms with Crippen molar-refractivity contribution in [1.82, 2.24) is 0 Å². The molecule has 7 heteroatoms. The van der Waals surface area contributed by atoms with Crippen molar-refractivity contribution < 1.29 is 23.1 Å². The van der Waals surface area contributed by atoms with Crippen LogP contribution in [0.15, 0.2) is 29.4 Å². The highest BCUT2D eigenvalue weighted by atomic mass is 19.4. The van der Waals surface area contributed by atoms with Gasteiger partial charge in [-0.25, -0.2) is 0 Å². The van der Waals surface area contributed by atoms with E-state index in [1.165, 1.54) is 18.2 Å². The Hall–Kier alpha value is -1.92. The molecule has 0 fully saturated rings. The van der Waals surface area contributed by atoms with E-state index >= 15 is 0 Å². The summed E-state index contributed by atoms with van der Waals surface area (Å²) in [5.74, 6) is -0.375. The second-order valence-electron chi connectivity index (χ2n) is 3.18. The first-order valence-electron chi connectivity index (χ1n) is 4.70. The standard InChI is InChI=1S/C10H11F3N2O2/c11-10(12,13)7-3-1-2-4-8(7)17-6-5-9(14)15-16/h1-4,16H,5-6H2,(H2,14,15). The van der Waals surface area contributed by atoms with Gasteiger partial charge in [0.15, 0.2) is 0 Å². The first-order valence-corrected chi connectivity index (χ1v) is 4.70. The zero-order valence-electron chi connectivity index (χ0n) is 8.74. The Kier molecular flexibility index (Phi) is 4.19. The van der Waals surface area contributed by atoms with Gasteiger partial charge in [0.1, 0.15) is 11.6 Å². The molecule has 0 aliphatic heterocycles. The summed E-state index contributed by atoms with van der Waals surface area (Å²) in [6.45, 7) is -0.0943. The van der Waals surface area contributed by atoms with E-state index in [-0.39, 0.29) is 24.6 Å². The zero-order valence-corrected chi connectivity index (χ0v) is 8.74. The van der Waals surface area contributed by atoms with Crippen molar-refractivity contribution in [2.75, 3.05) is 6.61 Å². The molecule has 0 spiro atoms. The highest BCUT2D eigenvalue weighted by Gasteiger charge is 2.33. The van der Waals surface area contributed by atoms with Gasteiger partial charge in [0.2, 0.25) is 0 Å². The molecular weight excluding hydrogens is 237 g/mol. The van der Waals surface area contributed by atoms with Crippen LogP contribution in [-0.4, -0.2) is 17.6 Å². The average molecular weight is 248 g/mol. The van der Waals surface area contributed by atoms with Crippen molar-refractivity contribution in [3.8, 4) is 5.75 Å². The monoisotopic (exact) mass is 248 g/mol. The summed E-state index contributed by atoms with van der Waals surface area (Å²) < 4.78 is 42.5. The van der Waals surface area contributed by atoms with E-state index in [2.05, 4.69) is 5.16 Å².